The van der Waals surface area contributed by atoms with Crippen LogP contribution in [0.15, 0.2) is 36.4 Å². The number of benzene rings is 2. The molecule has 176 valence electrons. The molecule has 1 saturated carbocycles. The molecular formula is C24H29N3O6. The van der Waals surface area contributed by atoms with E-state index in [2.05, 4.69) is 0 Å². The number of methoxy groups -OCH3 is 1. The zero-order chi connectivity index (χ0) is 24.0. The number of nitro benzene ring substituents is 1. The van der Waals surface area contributed by atoms with E-state index in [1.165, 1.54) is 13.2 Å². The van der Waals surface area contributed by atoms with Crippen LogP contribution in [0, 0.1) is 17.0 Å². The number of primary amides is 1. The van der Waals surface area contributed by atoms with Gasteiger partial charge in [-0.3, -0.25) is 19.7 Å². The van der Waals surface area contributed by atoms with Gasteiger partial charge in [0.2, 0.25) is 0 Å². The number of nitrogens with two attached hydrogens (primary N) is 1. The number of nitrogens with zero attached hydrogens (tertiary/aromatic N) is 2. The third kappa shape index (κ3) is 5.79. The fourth-order valence-corrected chi connectivity index (χ4v) is 4.24. The molecule has 0 heterocycles. The van der Waals surface area contributed by atoms with Crippen molar-refractivity contribution in [3.8, 4) is 11.5 Å². The number of hydrogen-bond donors (Lipinski definition) is 1. The van der Waals surface area contributed by atoms with E-state index >= 15 is 0 Å². The van der Waals surface area contributed by atoms with E-state index in [1.54, 1.807) is 31.2 Å². The van der Waals surface area contributed by atoms with Crippen molar-refractivity contribution in [3.05, 3.63) is 63.2 Å². The molecule has 0 bridgehead atoms. The average Bonchev–Trinajstić information content (AvgIpc) is 2.81. The molecule has 0 aromatic heterocycles. The number of rotatable bonds is 9. The number of ether oxygens (including phenoxy) is 2. The zero-order valence-electron chi connectivity index (χ0n) is 18.9. The summed E-state index contributed by atoms with van der Waals surface area (Å²) < 4.78 is 10.8. The van der Waals surface area contributed by atoms with Gasteiger partial charge in [0.15, 0.2) is 18.1 Å². The Hall–Kier alpha value is -3.62. The van der Waals surface area contributed by atoms with Crippen LogP contribution in [-0.2, 0) is 11.3 Å². The van der Waals surface area contributed by atoms with E-state index in [1.807, 2.05) is 11.0 Å². The summed E-state index contributed by atoms with van der Waals surface area (Å²) >= 11 is 0. The highest BCUT2D eigenvalue weighted by molar-refractivity contribution is 5.96. The fraction of sp³-hybridized carbons (Fsp3) is 0.417. The van der Waals surface area contributed by atoms with E-state index in [0.717, 1.165) is 37.7 Å². The number of carbonyl (C=O) groups excluding carboxylic acids is 2. The van der Waals surface area contributed by atoms with Crippen molar-refractivity contribution in [2.45, 2.75) is 51.6 Å². The second-order valence-corrected chi connectivity index (χ2v) is 8.17. The minimum absolute atomic E-state index is 0.0432. The molecule has 0 atom stereocenters. The van der Waals surface area contributed by atoms with Gasteiger partial charge in [0.05, 0.1) is 12.0 Å². The second kappa shape index (κ2) is 10.8. The lowest BCUT2D eigenvalue weighted by molar-refractivity contribution is -0.385. The monoisotopic (exact) mass is 455 g/mol. The number of amides is 2. The molecule has 2 N–H and O–H groups in total. The Kier molecular flexibility index (Phi) is 7.87. The first-order valence-corrected chi connectivity index (χ1v) is 10.9. The topological polar surface area (TPSA) is 125 Å². The first-order valence-electron chi connectivity index (χ1n) is 10.9. The summed E-state index contributed by atoms with van der Waals surface area (Å²) in [6, 6.07) is 9.89. The summed E-state index contributed by atoms with van der Waals surface area (Å²) in [6.45, 7) is 1.66. The van der Waals surface area contributed by atoms with Gasteiger partial charge in [0, 0.05) is 29.8 Å². The minimum atomic E-state index is -0.595. The van der Waals surface area contributed by atoms with E-state index in [-0.39, 0.29) is 24.2 Å². The summed E-state index contributed by atoms with van der Waals surface area (Å²) in [5, 5.41) is 11.4. The van der Waals surface area contributed by atoms with Gasteiger partial charge >= 0.3 is 0 Å². The van der Waals surface area contributed by atoms with Gasteiger partial charge in [-0.2, -0.15) is 0 Å². The van der Waals surface area contributed by atoms with Crippen molar-refractivity contribution in [3.63, 3.8) is 0 Å². The summed E-state index contributed by atoms with van der Waals surface area (Å²) in [4.78, 5) is 37.4. The van der Waals surface area contributed by atoms with Crippen molar-refractivity contribution in [2.24, 2.45) is 5.73 Å². The van der Waals surface area contributed by atoms with Crippen LogP contribution in [0.1, 0.15) is 53.6 Å². The van der Waals surface area contributed by atoms with Gasteiger partial charge in [-0.05, 0) is 43.5 Å². The van der Waals surface area contributed by atoms with Crippen molar-refractivity contribution in [1.82, 2.24) is 4.90 Å². The fourth-order valence-electron chi connectivity index (χ4n) is 4.24. The summed E-state index contributed by atoms with van der Waals surface area (Å²) in [5.41, 5.74) is 6.60. The lowest BCUT2D eigenvalue weighted by atomic mass is 9.92. The van der Waals surface area contributed by atoms with E-state index in [9.17, 15) is 19.7 Å². The lowest BCUT2D eigenvalue weighted by Crippen LogP contribution is -2.41. The van der Waals surface area contributed by atoms with Gasteiger partial charge in [0.1, 0.15) is 0 Å². The molecule has 33 heavy (non-hydrogen) atoms. The van der Waals surface area contributed by atoms with E-state index in [0.29, 0.717) is 29.2 Å². The molecule has 9 nitrogen and oxygen atoms in total. The molecule has 1 aliphatic rings. The van der Waals surface area contributed by atoms with Crippen LogP contribution in [0.2, 0.25) is 0 Å². The maximum absolute atomic E-state index is 13.6. The first-order chi connectivity index (χ1) is 15.8. The van der Waals surface area contributed by atoms with Gasteiger partial charge in [0.25, 0.3) is 17.5 Å². The molecule has 0 radical (unpaired) electrons. The van der Waals surface area contributed by atoms with Crippen molar-refractivity contribution in [2.75, 3.05) is 13.7 Å². The molecule has 0 unspecified atom stereocenters. The Balaban J connectivity index is 1.92. The highest BCUT2D eigenvalue weighted by atomic mass is 16.6. The molecule has 1 aliphatic carbocycles. The van der Waals surface area contributed by atoms with Crippen LogP contribution in [0.3, 0.4) is 0 Å². The SMILES string of the molecule is COc1cc(CN(C(=O)c2cccc([N+](=O)[O-])c2C)C2CCCCC2)ccc1OCC(N)=O. The first kappa shape index (κ1) is 24.0. The Labute approximate surface area is 192 Å². The normalized spacial score (nSPS) is 13.9. The Morgan fingerprint density at radius 2 is 1.88 bits per heavy atom. The Morgan fingerprint density at radius 1 is 1.15 bits per heavy atom. The van der Waals surface area contributed by atoms with Crippen molar-refractivity contribution < 1.29 is 24.0 Å². The predicted octanol–water partition coefficient (Wildman–Crippen LogP) is 3.75. The Morgan fingerprint density at radius 3 is 2.52 bits per heavy atom. The molecule has 0 aliphatic heterocycles. The molecule has 2 amide bonds. The zero-order valence-corrected chi connectivity index (χ0v) is 18.9. The number of nitro groups is 1. The molecule has 2 aromatic rings. The van der Waals surface area contributed by atoms with Crippen LogP contribution in [-0.4, -0.2) is 41.4 Å². The van der Waals surface area contributed by atoms with E-state index in [4.69, 9.17) is 15.2 Å². The summed E-state index contributed by atoms with van der Waals surface area (Å²) in [6.07, 6.45) is 4.97. The third-order valence-electron chi connectivity index (χ3n) is 5.96. The highest BCUT2D eigenvalue weighted by Gasteiger charge is 2.29. The average molecular weight is 456 g/mol. The van der Waals surface area contributed by atoms with Crippen LogP contribution >= 0.6 is 0 Å². The summed E-state index contributed by atoms with van der Waals surface area (Å²) in [7, 11) is 1.49. The number of hydrogen-bond acceptors (Lipinski definition) is 6. The highest BCUT2D eigenvalue weighted by Crippen LogP contribution is 2.32. The van der Waals surface area contributed by atoms with E-state index < -0.39 is 10.8 Å². The van der Waals surface area contributed by atoms with Crippen LogP contribution in [0.25, 0.3) is 0 Å². The molecule has 0 spiro atoms. The lowest BCUT2D eigenvalue weighted by Gasteiger charge is -2.35. The van der Waals surface area contributed by atoms with Crippen molar-refractivity contribution >= 4 is 17.5 Å². The molecule has 3 rings (SSSR count). The molecule has 2 aromatic carbocycles. The molecule has 9 heteroatoms. The maximum Gasteiger partial charge on any atom is 0.273 e. The molecular weight excluding hydrogens is 426 g/mol. The van der Waals surface area contributed by atoms with Crippen LogP contribution < -0.4 is 15.2 Å². The largest absolute Gasteiger partial charge is 0.493 e. The van der Waals surface area contributed by atoms with Gasteiger partial charge < -0.3 is 20.1 Å². The van der Waals surface area contributed by atoms with Gasteiger partial charge in [-0.15, -0.1) is 0 Å². The maximum atomic E-state index is 13.6. The smallest absolute Gasteiger partial charge is 0.273 e. The third-order valence-corrected chi connectivity index (χ3v) is 5.96. The minimum Gasteiger partial charge on any atom is -0.493 e. The predicted molar refractivity (Wildman–Crippen MR) is 122 cm³/mol. The standard InChI is InChI=1S/C24H29N3O6/c1-16-19(9-6-10-20(16)27(30)31)24(29)26(18-7-4-3-5-8-18)14-17-11-12-21(22(13-17)32-2)33-15-23(25)28/h6,9-13,18H,3-5,7-8,14-15H2,1-2H3,(H2,25,28). The second-order valence-electron chi connectivity index (χ2n) is 8.17. The van der Waals surface area contributed by atoms with Crippen molar-refractivity contribution in [1.29, 1.82) is 0 Å². The summed E-state index contributed by atoms with van der Waals surface area (Å²) in [5.74, 6) is -0.0138. The quantitative estimate of drug-likeness (QED) is 0.453. The van der Waals surface area contributed by atoms with Crippen LogP contribution in [0.4, 0.5) is 5.69 Å². The van der Waals surface area contributed by atoms with Gasteiger partial charge in [-0.25, -0.2) is 0 Å². The molecule has 0 saturated heterocycles. The Bertz CT molecular complexity index is 1030. The van der Waals surface area contributed by atoms with Gasteiger partial charge in [-0.1, -0.05) is 31.4 Å². The molecule has 1 fully saturated rings. The van der Waals surface area contributed by atoms with Crippen LogP contribution in [0.5, 0.6) is 11.5 Å². The number of carbonyl (C=O) groups is 2.